The zero-order valence-corrected chi connectivity index (χ0v) is 15.4. The molecule has 2 N–H and O–H groups in total. The number of aromatic carboxylic acids is 1. The number of rotatable bonds is 7. The van der Waals surface area contributed by atoms with Gasteiger partial charge < -0.3 is 10.0 Å². The van der Waals surface area contributed by atoms with E-state index in [1.165, 1.54) is 24.3 Å². The third-order valence-electron chi connectivity index (χ3n) is 3.71. The fourth-order valence-corrected chi connectivity index (χ4v) is 4.05. The first kappa shape index (κ1) is 19.1. The number of benzene rings is 2. The lowest BCUT2D eigenvalue weighted by Gasteiger charge is -2.23. The van der Waals surface area contributed by atoms with E-state index in [1.807, 2.05) is 18.7 Å². The molecule has 0 saturated carbocycles. The summed E-state index contributed by atoms with van der Waals surface area (Å²) >= 11 is 5.94. The molecule has 8 heteroatoms. The van der Waals surface area contributed by atoms with Crippen molar-refractivity contribution in [1.29, 1.82) is 0 Å². The molecule has 0 aliphatic rings. The quantitative estimate of drug-likeness (QED) is 0.762. The van der Waals surface area contributed by atoms with E-state index in [9.17, 15) is 18.3 Å². The van der Waals surface area contributed by atoms with Gasteiger partial charge in [0.15, 0.2) is 0 Å². The molecule has 2 aromatic rings. The Bertz CT molecular complexity index is 880. The molecule has 0 aromatic heterocycles. The van der Waals surface area contributed by atoms with Crippen LogP contribution in [0.25, 0.3) is 0 Å². The van der Waals surface area contributed by atoms with Crippen LogP contribution >= 0.6 is 11.6 Å². The first-order valence-electron chi connectivity index (χ1n) is 7.69. The highest BCUT2D eigenvalue weighted by Gasteiger charge is 2.20. The topological polar surface area (TPSA) is 86.7 Å². The number of hydrogen-bond donors (Lipinski definition) is 2. The SMILES string of the molecule is CCN(CC)c1ccc(NS(=O)(=O)c2ccccc2Cl)cc1C(=O)O. The van der Waals surface area contributed by atoms with E-state index >= 15 is 0 Å². The number of carboxylic acids is 1. The largest absolute Gasteiger partial charge is 0.478 e. The maximum atomic E-state index is 12.5. The van der Waals surface area contributed by atoms with Crippen molar-refractivity contribution in [2.45, 2.75) is 18.7 Å². The van der Waals surface area contributed by atoms with Crippen LogP contribution in [0.5, 0.6) is 0 Å². The number of anilines is 2. The van der Waals surface area contributed by atoms with Crippen molar-refractivity contribution >= 4 is 39.0 Å². The first-order chi connectivity index (χ1) is 11.8. The van der Waals surface area contributed by atoms with Crippen LogP contribution in [0.2, 0.25) is 5.02 Å². The Hall–Kier alpha value is -2.25. The number of carboxylic acid groups (broad SMARTS) is 1. The van der Waals surface area contributed by atoms with Crippen LogP contribution in [-0.4, -0.2) is 32.6 Å². The Morgan fingerprint density at radius 2 is 1.80 bits per heavy atom. The average molecular weight is 383 g/mol. The normalized spacial score (nSPS) is 11.2. The minimum absolute atomic E-state index is 0.0306. The third-order valence-corrected chi connectivity index (χ3v) is 5.59. The van der Waals surface area contributed by atoms with Gasteiger partial charge in [0.1, 0.15) is 4.90 Å². The van der Waals surface area contributed by atoms with E-state index in [-0.39, 0.29) is 21.2 Å². The van der Waals surface area contributed by atoms with E-state index < -0.39 is 16.0 Å². The Morgan fingerprint density at radius 3 is 2.36 bits per heavy atom. The highest BCUT2D eigenvalue weighted by atomic mass is 35.5. The zero-order chi connectivity index (χ0) is 18.6. The van der Waals surface area contributed by atoms with Crippen LogP contribution < -0.4 is 9.62 Å². The van der Waals surface area contributed by atoms with E-state index in [0.717, 1.165) is 0 Å². The molecule has 0 aliphatic carbocycles. The molecule has 6 nitrogen and oxygen atoms in total. The summed E-state index contributed by atoms with van der Waals surface area (Å²) in [6.07, 6.45) is 0. The molecular weight excluding hydrogens is 364 g/mol. The van der Waals surface area contributed by atoms with Crippen molar-refractivity contribution in [2.75, 3.05) is 22.7 Å². The predicted octanol–water partition coefficient (Wildman–Crippen LogP) is 3.69. The Kier molecular flexibility index (Phi) is 5.92. The molecule has 2 rings (SSSR count). The summed E-state index contributed by atoms with van der Waals surface area (Å²) in [6, 6.07) is 10.5. The van der Waals surface area contributed by atoms with Gasteiger partial charge in [-0.15, -0.1) is 0 Å². The van der Waals surface area contributed by atoms with Crippen molar-refractivity contribution in [3.8, 4) is 0 Å². The van der Waals surface area contributed by atoms with E-state index in [2.05, 4.69) is 4.72 Å². The summed E-state index contributed by atoms with van der Waals surface area (Å²) in [5.74, 6) is -1.12. The second-order valence-electron chi connectivity index (χ2n) is 5.25. The summed E-state index contributed by atoms with van der Waals surface area (Å²) < 4.78 is 27.3. The Labute approximate surface area is 152 Å². The van der Waals surface area contributed by atoms with Crippen LogP contribution in [0.15, 0.2) is 47.4 Å². The van der Waals surface area contributed by atoms with Gasteiger partial charge in [0.2, 0.25) is 0 Å². The fraction of sp³-hybridized carbons (Fsp3) is 0.235. The van der Waals surface area contributed by atoms with Crippen molar-refractivity contribution in [2.24, 2.45) is 0 Å². The number of halogens is 1. The summed E-state index contributed by atoms with van der Waals surface area (Å²) in [5, 5.41) is 9.56. The molecule has 0 amide bonds. The molecule has 0 fully saturated rings. The molecule has 134 valence electrons. The molecule has 0 radical (unpaired) electrons. The van der Waals surface area contributed by atoms with E-state index in [1.54, 1.807) is 18.2 Å². The number of carbonyl (C=O) groups is 1. The number of nitrogens with one attached hydrogen (secondary N) is 1. The minimum Gasteiger partial charge on any atom is -0.478 e. The molecule has 2 aromatic carbocycles. The second-order valence-corrected chi connectivity index (χ2v) is 7.30. The highest BCUT2D eigenvalue weighted by molar-refractivity contribution is 7.92. The standard InChI is InChI=1S/C17H19ClN2O4S/c1-3-20(4-2)15-10-9-12(11-13(15)17(21)22)19-25(23,24)16-8-6-5-7-14(16)18/h5-11,19H,3-4H2,1-2H3,(H,21,22). The monoisotopic (exact) mass is 382 g/mol. The lowest BCUT2D eigenvalue weighted by molar-refractivity contribution is 0.0697. The smallest absolute Gasteiger partial charge is 0.337 e. The molecular formula is C17H19ClN2O4S. The van der Waals surface area contributed by atoms with Gasteiger partial charge in [-0.25, -0.2) is 13.2 Å². The van der Waals surface area contributed by atoms with E-state index in [4.69, 9.17) is 11.6 Å². The van der Waals surface area contributed by atoms with Gasteiger partial charge in [0.05, 0.1) is 16.3 Å². The summed E-state index contributed by atoms with van der Waals surface area (Å²) in [5.41, 5.74) is 0.731. The van der Waals surface area contributed by atoms with Gasteiger partial charge in [-0.3, -0.25) is 4.72 Å². The van der Waals surface area contributed by atoms with Crippen molar-refractivity contribution in [1.82, 2.24) is 0 Å². The first-order valence-corrected chi connectivity index (χ1v) is 9.56. The lowest BCUT2D eigenvalue weighted by Crippen LogP contribution is -2.24. The van der Waals surface area contributed by atoms with Gasteiger partial charge in [0, 0.05) is 18.8 Å². The average Bonchev–Trinajstić information content (AvgIpc) is 2.56. The Morgan fingerprint density at radius 1 is 1.16 bits per heavy atom. The molecule has 0 heterocycles. The van der Waals surface area contributed by atoms with Crippen LogP contribution in [0, 0.1) is 0 Å². The Balaban J connectivity index is 2.43. The van der Waals surface area contributed by atoms with Gasteiger partial charge in [-0.05, 0) is 44.2 Å². The van der Waals surface area contributed by atoms with Gasteiger partial charge in [0.25, 0.3) is 10.0 Å². The molecule has 0 unspecified atom stereocenters. The molecule has 25 heavy (non-hydrogen) atoms. The van der Waals surface area contributed by atoms with Gasteiger partial charge in [-0.1, -0.05) is 23.7 Å². The minimum atomic E-state index is -3.92. The summed E-state index contributed by atoms with van der Waals surface area (Å²) in [7, 11) is -3.92. The van der Waals surface area contributed by atoms with Crippen molar-refractivity contribution in [3.05, 3.63) is 53.1 Å². The third kappa shape index (κ3) is 4.24. The molecule has 0 aliphatic heterocycles. The molecule has 0 atom stereocenters. The highest BCUT2D eigenvalue weighted by Crippen LogP contribution is 2.27. The maximum absolute atomic E-state index is 12.5. The maximum Gasteiger partial charge on any atom is 0.337 e. The number of nitrogens with zero attached hydrogens (tertiary/aromatic N) is 1. The van der Waals surface area contributed by atoms with Crippen LogP contribution in [0.1, 0.15) is 24.2 Å². The van der Waals surface area contributed by atoms with Crippen LogP contribution in [-0.2, 0) is 10.0 Å². The van der Waals surface area contributed by atoms with Gasteiger partial charge >= 0.3 is 5.97 Å². The molecule has 0 bridgehead atoms. The molecule has 0 spiro atoms. The predicted molar refractivity (Wildman–Crippen MR) is 99.2 cm³/mol. The molecule has 0 saturated heterocycles. The summed E-state index contributed by atoms with van der Waals surface area (Å²) in [4.78, 5) is 13.4. The second kappa shape index (κ2) is 7.76. The summed E-state index contributed by atoms with van der Waals surface area (Å²) in [6.45, 7) is 5.12. The number of sulfonamides is 1. The van der Waals surface area contributed by atoms with Crippen LogP contribution in [0.4, 0.5) is 11.4 Å². The number of hydrogen-bond acceptors (Lipinski definition) is 4. The van der Waals surface area contributed by atoms with E-state index in [0.29, 0.717) is 18.8 Å². The lowest BCUT2D eigenvalue weighted by atomic mass is 10.1. The van der Waals surface area contributed by atoms with Gasteiger partial charge in [-0.2, -0.15) is 0 Å². The fourth-order valence-electron chi connectivity index (χ4n) is 2.48. The van der Waals surface area contributed by atoms with Crippen LogP contribution in [0.3, 0.4) is 0 Å². The van der Waals surface area contributed by atoms with Crippen molar-refractivity contribution < 1.29 is 18.3 Å². The van der Waals surface area contributed by atoms with Crippen molar-refractivity contribution in [3.63, 3.8) is 0 Å². The zero-order valence-electron chi connectivity index (χ0n) is 13.9.